The molecule has 0 fully saturated rings. The van der Waals surface area contributed by atoms with Crippen molar-refractivity contribution in [2.75, 3.05) is 5.32 Å². The summed E-state index contributed by atoms with van der Waals surface area (Å²) in [7, 11) is 0. The summed E-state index contributed by atoms with van der Waals surface area (Å²) in [5.74, 6) is -0.0617. The van der Waals surface area contributed by atoms with Crippen molar-refractivity contribution in [1.29, 1.82) is 0 Å². The molecule has 1 aromatic carbocycles. The van der Waals surface area contributed by atoms with Crippen LogP contribution in [0.2, 0.25) is 0 Å². The third-order valence-electron chi connectivity index (χ3n) is 2.50. The molecule has 0 aliphatic carbocycles. The first-order chi connectivity index (χ1) is 10.8. The molecule has 0 spiro atoms. The maximum atomic E-state index is 12.4. The van der Waals surface area contributed by atoms with Crippen molar-refractivity contribution in [3.63, 3.8) is 0 Å². The van der Waals surface area contributed by atoms with E-state index in [1.54, 1.807) is 0 Å². The summed E-state index contributed by atoms with van der Waals surface area (Å²) in [5, 5.41) is 2.60. The lowest BCUT2D eigenvalue weighted by Gasteiger charge is -2.08. The molecule has 2 rings (SSSR count). The van der Waals surface area contributed by atoms with Crippen molar-refractivity contribution < 1.29 is 13.2 Å². The Balaban J connectivity index is 0.00000288. The van der Waals surface area contributed by atoms with Crippen LogP contribution in [0.5, 0.6) is 0 Å². The van der Waals surface area contributed by atoms with E-state index in [0.29, 0.717) is 5.69 Å². The number of nitrogens with two attached hydrogens (primary N) is 2. The van der Waals surface area contributed by atoms with Gasteiger partial charge in [0.05, 0.1) is 11.8 Å². The standard InChI is InChI=1S/C13H12F3N7.ClH/c14-13(15,16)8-1-3-9(4-2-8)21-11(17)23-12(18)22-10-7-19-5-6-20-10;/h1-7H,(H5,17,18,20,21,22,23);1H. The minimum atomic E-state index is -4.40. The van der Waals surface area contributed by atoms with Crippen LogP contribution in [0.4, 0.5) is 24.7 Å². The number of benzene rings is 1. The first-order valence-electron chi connectivity index (χ1n) is 6.23. The average molecular weight is 360 g/mol. The summed E-state index contributed by atoms with van der Waals surface area (Å²) in [6.07, 6.45) is -0.119. The van der Waals surface area contributed by atoms with Gasteiger partial charge in [-0.2, -0.15) is 23.2 Å². The molecule has 0 bridgehead atoms. The molecule has 0 aliphatic heterocycles. The fraction of sp³-hybridized carbons (Fsp3) is 0.0769. The summed E-state index contributed by atoms with van der Waals surface area (Å²) < 4.78 is 37.3. The molecule has 0 aliphatic rings. The Morgan fingerprint density at radius 3 is 2.29 bits per heavy atom. The summed E-state index contributed by atoms with van der Waals surface area (Å²) in [6.45, 7) is 0. The van der Waals surface area contributed by atoms with Gasteiger partial charge in [0.2, 0.25) is 11.9 Å². The van der Waals surface area contributed by atoms with Crippen LogP contribution in [-0.2, 0) is 6.18 Å². The highest BCUT2D eigenvalue weighted by atomic mass is 35.5. The molecule has 0 saturated carbocycles. The van der Waals surface area contributed by atoms with Crippen LogP contribution in [-0.4, -0.2) is 21.9 Å². The second-order valence-electron chi connectivity index (χ2n) is 4.23. The normalized spacial score (nSPS) is 12.5. The van der Waals surface area contributed by atoms with Gasteiger partial charge in [-0.05, 0) is 24.3 Å². The summed E-state index contributed by atoms with van der Waals surface area (Å²) in [6, 6.07) is 4.29. The number of nitrogens with one attached hydrogen (secondary N) is 1. The van der Waals surface area contributed by atoms with Crippen molar-refractivity contribution in [3.8, 4) is 0 Å². The van der Waals surface area contributed by atoms with Crippen LogP contribution in [0.1, 0.15) is 5.56 Å². The number of alkyl halides is 3. The Bertz CT molecular complexity index is 715. The minimum absolute atomic E-state index is 0. The second kappa shape index (κ2) is 8.11. The first-order valence-corrected chi connectivity index (χ1v) is 6.23. The van der Waals surface area contributed by atoms with Gasteiger partial charge in [-0.15, -0.1) is 12.4 Å². The lowest BCUT2D eigenvalue weighted by Crippen LogP contribution is -2.26. The molecule has 11 heteroatoms. The van der Waals surface area contributed by atoms with Gasteiger partial charge in [0.25, 0.3) is 0 Å². The van der Waals surface area contributed by atoms with E-state index in [1.165, 1.54) is 30.7 Å². The zero-order valence-corrected chi connectivity index (χ0v) is 12.8. The van der Waals surface area contributed by atoms with E-state index in [-0.39, 0.29) is 30.1 Å². The van der Waals surface area contributed by atoms with Gasteiger partial charge in [0.1, 0.15) is 0 Å². The fourth-order valence-electron chi connectivity index (χ4n) is 1.53. The monoisotopic (exact) mass is 359 g/mol. The minimum Gasteiger partial charge on any atom is -0.369 e. The summed E-state index contributed by atoms with van der Waals surface area (Å²) in [5.41, 5.74) is 10.7. The van der Waals surface area contributed by atoms with E-state index < -0.39 is 11.7 Å². The highest BCUT2D eigenvalue weighted by Crippen LogP contribution is 2.29. The van der Waals surface area contributed by atoms with Crippen LogP contribution in [0.3, 0.4) is 0 Å². The Kier molecular flexibility index (Phi) is 6.48. The molecule has 0 atom stereocenters. The zero-order valence-electron chi connectivity index (χ0n) is 12.0. The number of rotatable bonds is 2. The molecule has 128 valence electrons. The van der Waals surface area contributed by atoms with E-state index in [4.69, 9.17) is 11.5 Å². The molecule has 0 saturated heterocycles. The topological polar surface area (TPSA) is 115 Å². The molecule has 0 unspecified atom stereocenters. The molecule has 2 aromatic rings. The van der Waals surface area contributed by atoms with Gasteiger partial charge in [0, 0.05) is 18.1 Å². The average Bonchev–Trinajstić information content (AvgIpc) is 2.47. The molecule has 0 amide bonds. The van der Waals surface area contributed by atoms with Crippen molar-refractivity contribution in [3.05, 3.63) is 48.4 Å². The molecular formula is C13H13ClF3N7. The SMILES string of the molecule is Cl.NC(=Nc1cnccn1)N=C(N)Nc1ccc(C(F)(F)F)cc1. The highest BCUT2D eigenvalue weighted by molar-refractivity contribution is 6.01. The Morgan fingerprint density at radius 2 is 1.75 bits per heavy atom. The van der Waals surface area contributed by atoms with E-state index >= 15 is 0 Å². The van der Waals surface area contributed by atoms with E-state index in [2.05, 4.69) is 25.3 Å². The molecule has 1 aromatic heterocycles. The molecule has 5 N–H and O–H groups in total. The Morgan fingerprint density at radius 1 is 1.08 bits per heavy atom. The van der Waals surface area contributed by atoms with Crippen molar-refractivity contribution in [2.24, 2.45) is 21.5 Å². The number of nitrogens with zero attached hydrogens (tertiary/aromatic N) is 4. The Hall–Kier alpha value is -2.88. The first kappa shape index (κ1) is 19.2. The number of aliphatic imine (C=N–C) groups is 2. The molecule has 0 radical (unpaired) electrons. The number of hydrogen-bond acceptors (Lipinski definition) is 3. The number of guanidine groups is 2. The molecule has 24 heavy (non-hydrogen) atoms. The van der Waals surface area contributed by atoms with Gasteiger partial charge in [-0.25, -0.2) is 4.98 Å². The molecule has 1 heterocycles. The number of hydrogen-bond donors (Lipinski definition) is 3. The number of anilines is 1. The molecular weight excluding hydrogens is 347 g/mol. The largest absolute Gasteiger partial charge is 0.416 e. The fourth-order valence-corrected chi connectivity index (χ4v) is 1.53. The van der Waals surface area contributed by atoms with Crippen molar-refractivity contribution in [1.82, 2.24) is 9.97 Å². The predicted molar refractivity (Wildman–Crippen MR) is 87.3 cm³/mol. The van der Waals surface area contributed by atoms with Crippen LogP contribution >= 0.6 is 12.4 Å². The third-order valence-corrected chi connectivity index (χ3v) is 2.50. The van der Waals surface area contributed by atoms with Crippen LogP contribution in [0.15, 0.2) is 52.8 Å². The Labute approximate surface area is 141 Å². The van der Waals surface area contributed by atoms with E-state index in [1.807, 2.05) is 0 Å². The quantitative estimate of drug-likeness (QED) is 0.562. The summed E-state index contributed by atoms with van der Waals surface area (Å²) in [4.78, 5) is 15.3. The highest BCUT2D eigenvalue weighted by Gasteiger charge is 2.29. The van der Waals surface area contributed by atoms with Gasteiger partial charge < -0.3 is 16.8 Å². The van der Waals surface area contributed by atoms with Crippen LogP contribution in [0.25, 0.3) is 0 Å². The van der Waals surface area contributed by atoms with Crippen LogP contribution in [0, 0.1) is 0 Å². The zero-order chi connectivity index (χ0) is 16.9. The smallest absolute Gasteiger partial charge is 0.369 e. The maximum Gasteiger partial charge on any atom is 0.416 e. The third kappa shape index (κ3) is 5.72. The van der Waals surface area contributed by atoms with E-state index in [9.17, 15) is 13.2 Å². The predicted octanol–water partition coefficient (Wildman–Crippen LogP) is 2.29. The lowest BCUT2D eigenvalue weighted by molar-refractivity contribution is -0.137. The second-order valence-corrected chi connectivity index (χ2v) is 4.23. The summed E-state index contributed by atoms with van der Waals surface area (Å²) >= 11 is 0. The number of aromatic nitrogens is 2. The van der Waals surface area contributed by atoms with Gasteiger partial charge in [-0.3, -0.25) is 4.98 Å². The maximum absolute atomic E-state index is 12.4. The number of halogens is 4. The van der Waals surface area contributed by atoms with Crippen molar-refractivity contribution in [2.45, 2.75) is 6.18 Å². The molecule has 7 nitrogen and oxygen atoms in total. The van der Waals surface area contributed by atoms with Gasteiger partial charge in [-0.1, -0.05) is 0 Å². The van der Waals surface area contributed by atoms with Gasteiger partial charge >= 0.3 is 6.18 Å². The van der Waals surface area contributed by atoms with E-state index in [0.717, 1.165) is 12.1 Å². The lowest BCUT2D eigenvalue weighted by atomic mass is 10.2. The van der Waals surface area contributed by atoms with Crippen LogP contribution < -0.4 is 16.8 Å². The van der Waals surface area contributed by atoms with Crippen molar-refractivity contribution >= 4 is 35.8 Å². The van der Waals surface area contributed by atoms with Gasteiger partial charge in [0.15, 0.2) is 5.82 Å².